The van der Waals surface area contributed by atoms with Crippen LogP contribution in [0.1, 0.15) is 25.5 Å². The van der Waals surface area contributed by atoms with Crippen LogP contribution >= 0.6 is 27.7 Å². The van der Waals surface area contributed by atoms with Crippen LogP contribution in [0.25, 0.3) is 0 Å². The van der Waals surface area contributed by atoms with Gasteiger partial charge in [0.25, 0.3) is 0 Å². The van der Waals surface area contributed by atoms with Crippen molar-refractivity contribution in [3.63, 3.8) is 0 Å². The molecule has 1 atom stereocenters. The molecule has 2 N–H and O–H groups in total. The molecule has 2 aromatic rings. The van der Waals surface area contributed by atoms with Crippen LogP contribution in [0.2, 0.25) is 0 Å². The number of aromatic nitrogens is 3. The van der Waals surface area contributed by atoms with Crippen LogP contribution in [-0.4, -0.2) is 21.7 Å². The highest BCUT2D eigenvalue weighted by Gasteiger charge is 2.09. The van der Waals surface area contributed by atoms with E-state index < -0.39 is 0 Å². The monoisotopic (exact) mass is 326 g/mol. The summed E-state index contributed by atoms with van der Waals surface area (Å²) in [6.07, 6.45) is 1.51. The van der Waals surface area contributed by atoms with Gasteiger partial charge in [0.15, 0.2) is 5.16 Å². The molecule has 0 aliphatic carbocycles. The van der Waals surface area contributed by atoms with Gasteiger partial charge in [0.2, 0.25) is 0 Å². The summed E-state index contributed by atoms with van der Waals surface area (Å²) >= 11 is 5.18. The molecule has 0 fully saturated rings. The van der Waals surface area contributed by atoms with E-state index in [9.17, 15) is 0 Å². The number of H-pyrrole nitrogens is 1. The number of aromatic amines is 1. The average Bonchev–Trinajstić information content (AvgIpc) is 2.82. The third-order valence-electron chi connectivity index (χ3n) is 2.56. The predicted octanol–water partition coefficient (Wildman–Crippen LogP) is 3.39. The molecule has 0 saturated carbocycles. The molecule has 1 heterocycles. The number of hydrogen-bond donors (Lipinski definition) is 2. The lowest BCUT2D eigenvalue weighted by Crippen LogP contribution is -2.18. The van der Waals surface area contributed by atoms with Gasteiger partial charge in [0.1, 0.15) is 6.33 Å². The van der Waals surface area contributed by atoms with Gasteiger partial charge in [-0.3, -0.25) is 5.10 Å². The fourth-order valence-corrected chi connectivity index (χ4v) is 3.30. The lowest BCUT2D eigenvalue weighted by molar-refractivity contribution is 0.595. The molecule has 18 heavy (non-hydrogen) atoms. The van der Waals surface area contributed by atoms with Crippen LogP contribution < -0.4 is 5.32 Å². The van der Waals surface area contributed by atoms with E-state index in [1.807, 2.05) is 0 Å². The largest absolute Gasteiger partial charge is 0.310 e. The van der Waals surface area contributed by atoms with Crippen LogP contribution in [0.3, 0.4) is 0 Å². The van der Waals surface area contributed by atoms with Gasteiger partial charge in [0.05, 0.1) is 0 Å². The third-order valence-corrected chi connectivity index (χ3v) is 4.12. The lowest BCUT2D eigenvalue weighted by Gasteiger charge is -2.15. The van der Waals surface area contributed by atoms with Crippen molar-refractivity contribution >= 4 is 27.7 Å². The van der Waals surface area contributed by atoms with Gasteiger partial charge in [-0.15, -0.1) is 0 Å². The molecule has 0 aliphatic heterocycles. The van der Waals surface area contributed by atoms with Crippen LogP contribution in [0, 0.1) is 0 Å². The fourth-order valence-electron chi connectivity index (χ4n) is 1.69. The molecule has 0 spiro atoms. The van der Waals surface area contributed by atoms with Crippen molar-refractivity contribution in [1.29, 1.82) is 0 Å². The van der Waals surface area contributed by atoms with E-state index >= 15 is 0 Å². The minimum Gasteiger partial charge on any atom is -0.310 e. The molecule has 6 heteroatoms. The van der Waals surface area contributed by atoms with Crippen molar-refractivity contribution < 1.29 is 0 Å². The first-order valence-corrected chi connectivity index (χ1v) is 7.37. The quantitative estimate of drug-likeness (QED) is 0.884. The van der Waals surface area contributed by atoms with Crippen molar-refractivity contribution in [3.05, 3.63) is 34.6 Å². The van der Waals surface area contributed by atoms with Crippen molar-refractivity contribution in [2.45, 2.75) is 29.9 Å². The van der Waals surface area contributed by atoms with Gasteiger partial charge < -0.3 is 5.32 Å². The number of rotatable bonds is 5. The Morgan fingerprint density at radius 2 is 2.33 bits per heavy atom. The van der Waals surface area contributed by atoms with Gasteiger partial charge in [-0.2, -0.15) is 5.10 Å². The molecule has 0 radical (unpaired) electrons. The van der Waals surface area contributed by atoms with Gasteiger partial charge in [-0.25, -0.2) is 4.98 Å². The molecule has 0 bridgehead atoms. The SMILES string of the molecule is CCNC(C)c1ccc(Sc2ncn[nH]2)cc1Br. The van der Waals surface area contributed by atoms with E-state index in [1.54, 1.807) is 11.8 Å². The summed E-state index contributed by atoms with van der Waals surface area (Å²) in [5.74, 6) is 0. The smallest absolute Gasteiger partial charge is 0.188 e. The maximum absolute atomic E-state index is 4.10. The van der Waals surface area contributed by atoms with Crippen molar-refractivity contribution in [3.8, 4) is 0 Å². The summed E-state index contributed by atoms with van der Waals surface area (Å²) in [6, 6.07) is 6.68. The van der Waals surface area contributed by atoms with Gasteiger partial charge in [-0.1, -0.05) is 40.7 Å². The Kier molecular flexibility index (Phi) is 4.79. The molecule has 1 aromatic heterocycles. The predicted molar refractivity (Wildman–Crippen MR) is 76.7 cm³/mol. The molecule has 4 nitrogen and oxygen atoms in total. The van der Waals surface area contributed by atoms with E-state index in [1.165, 1.54) is 11.9 Å². The zero-order chi connectivity index (χ0) is 13.0. The Labute approximate surface area is 119 Å². The number of nitrogens with zero attached hydrogens (tertiary/aromatic N) is 2. The Morgan fingerprint density at radius 3 is 2.94 bits per heavy atom. The van der Waals surface area contributed by atoms with E-state index in [4.69, 9.17) is 0 Å². The number of halogens is 1. The van der Waals surface area contributed by atoms with Crippen LogP contribution in [-0.2, 0) is 0 Å². The summed E-state index contributed by atoms with van der Waals surface area (Å²) < 4.78 is 1.11. The first kappa shape index (κ1) is 13.6. The normalized spacial score (nSPS) is 12.6. The minimum atomic E-state index is 0.341. The van der Waals surface area contributed by atoms with Crippen LogP contribution in [0.5, 0.6) is 0 Å². The van der Waals surface area contributed by atoms with Crippen molar-refractivity contribution in [1.82, 2.24) is 20.5 Å². The topological polar surface area (TPSA) is 53.6 Å². The van der Waals surface area contributed by atoms with Crippen LogP contribution in [0.15, 0.2) is 39.1 Å². The average molecular weight is 327 g/mol. The van der Waals surface area contributed by atoms with E-state index in [0.717, 1.165) is 21.1 Å². The highest BCUT2D eigenvalue weighted by Crippen LogP contribution is 2.31. The molecule has 0 saturated heterocycles. The Bertz CT molecular complexity index is 501. The second-order valence-corrected chi connectivity index (χ2v) is 5.77. The highest BCUT2D eigenvalue weighted by atomic mass is 79.9. The van der Waals surface area contributed by atoms with Gasteiger partial charge >= 0.3 is 0 Å². The third kappa shape index (κ3) is 3.34. The number of hydrogen-bond acceptors (Lipinski definition) is 4. The molecule has 1 unspecified atom stereocenters. The summed E-state index contributed by atoms with van der Waals surface area (Å²) in [5.41, 5.74) is 1.26. The maximum atomic E-state index is 4.10. The van der Waals surface area contributed by atoms with Gasteiger partial charge in [-0.05, 0) is 31.2 Å². The van der Waals surface area contributed by atoms with Crippen LogP contribution in [0.4, 0.5) is 0 Å². The molecule has 0 aliphatic rings. The Hall–Kier alpha value is -0.850. The molecular weight excluding hydrogens is 312 g/mol. The first-order chi connectivity index (χ1) is 8.70. The number of benzene rings is 1. The molecule has 2 rings (SSSR count). The highest BCUT2D eigenvalue weighted by molar-refractivity contribution is 9.10. The van der Waals surface area contributed by atoms with Gasteiger partial charge in [0, 0.05) is 15.4 Å². The Morgan fingerprint density at radius 1 is 1.50 bits per heavy atom. The van der Waals surface area contributed by atoms with E-state index in [2.05, 4.69) is 68.5 Å². The Balaban J connectivity index is 2.14. The summed E-state index contributed by atoms with van der Waals surface area (Å²) in [4.78, 5) is 5.23. The second kappa shape index (κ2) is 6.36. The number of nitrogens with one attached hydrogen (secondary N) is 2. The van der Waals surface area contributed by atoms with E-state index in [-0.39, 0.29) is 0 Å². The lowest BCUT2D eigenvalue weighted by atomic mass is 10.1. The molecule has 96 valence electrons. The fraction of sp³-hybridized carbons (Fsp3) is 0.333. The minimum absolute atomic E-state index is 0.341. The zero-order valence-corrected chi connectivity index (χ0v) is 12.7. The van der Waals surface area contributed by atoms with Crippen molar-refractivity contribution in [2.24, 2.45) is 0 Å². The maximum Gasteiger partial charge on any atom is 0.188 e. The first-order valence-electron chi connectivity index (χ1n) is 5.76. The molecule has 1 aromatic carbocycles. The zero-order valence-electron chi connectivity index (χ0n) is 10.3. The standard InChI is InChI=1S/C12H15BrN4S/c1-3-14-8(2)10-5-4-9(6-11(10)13)18-12-15-7-16-17-12/h4-8,14H,3H2,1-2H3,(H,15,16,17). The second-order valence-electron chi connectivity index (χ2n) is 3.86. The van der Waals surface area contributed by atoms with Crippen molar-refractivity contribution in [2.75, 3.05) is 6.54 Å². The molecule has 0 amide bonds. The summed E-state index contributed by atoms with van der Waals surface area (Å²) in [5, 5.41) is 10.9. The summed E-state index contributed by atoms with van der Waals surface area (Å²) in [6.45, 7) is 5.23. The van der Waals surface area contributed by atoms with E-state index in [0.29, 0.717) is 6.04 Å². The molecular formula is C12H15BrN4S. The summed E-state index contributed by atoms with van der Waals surface area (Å²) in [7, 11) is 0.